The summed E-state index contributed by atoms with van der Waals surface area (Å²) < 4.78 is 0. The van der Waals surface area contributed by atoms with Gasteiger partial charge in [-0.3, -0.25) is 9.79 Å². The molecule has 2 aliphatic heterocycles. The molecule has 0 bridgehead atoms. The van der Waals surface area contributed by atoms with Crippen molar-refractivity contribution in [2.24, 2.45) is 4.99 Å². The average Bonchev–Trinajstić information content (AvgIpc) is 2.85. The highest BCUT2D eigenvalue weighted by atomic mass is 16.1. The fraction of sp³-hybridized carbons (Fsp3) is 0.176. The van der Waals surface area contributed by atoms with Gasteiger partial charge in [0.25, 0.3) is 0 Å². The average molecular weight is 264 g/mol. The molecule has 0 saturated heterocycles. The lowest BCUT2D eigenvalue weighted by Gasteiger charge is -2.24. The van der Waals surface area contributed by atoms with Crippen LogP contribution in [0.5, 0.6) is 0 Å². The number of allylic oxidation sites excluding steroid dienone is 2. The summed E-state index contributed by atoms with van der Waals surface area (Å²) in [7, 11) is 0. The Hall–Kier alpha value is -2.42. The molecule has 0 aromatic heterocycles. The first-order valence-corrected chi connectivity index (χ1v) is 6.67. The largest absolute Gasteiger partial charge is 0.337 e. The van der Waals surface area contributed by atoms with E-state index in [4.69, 9.17) is 0 Å². The Morgan fingerprint density at radius 3 is 2.85 bits per heavy atom. The minimum atomic E-state index is 0.0781. The first kappa shape index (κ1) is 12.6. The third kappa shape index (κ3) is 2.01. The van der Waals surface area contributed by atoms with Gasteiger partial charge in [0.2, 0.25) is 0 Å². The van der Waals surface area contributed by atoms with Crippen molar-refractivity contribution in [2.45, 2.75) is 19.4 Å². The molecule has 100 valence electrons. The number of nitrogens with zero attached hydrogens (tertiary/aromatic N) is 2. The minimum Gasteiger partial charge on any atom is -0.337 e. The van der Waals surface area contributed by atoms with E-state index in [1.165, 1.54) is 0 Å². The Labute approximate surface area is 118 Å². The number of hydrogen-bond donors (Lipinski definition) is 0. The fourth-order valence-corrected chi connectivity index (χ4v) is 2.62. The number of hydrogen-bond acceptors (Lipinski definition) is 3. The van der Waals surface area contributed by atoms with Gasteiger partial charge in [-0.25, -0.2) is 0 Å². The van der Waals surface area contributed by atoms with Gasteiger partial charge >= 0.3 is 0 Å². The van der Waals surface area contributed by atoms with Crippen LogP contribution in [0.4, 0.5) is 0 Å². The van der Waals surface area contributed by atoms with E-state index in [-0.39, 0.29) is 11.8 Å². The quantitative estimate of drug-likeness (QED) is 0.619. The van der Waals surface area contributed by atoms with Crippen molar-refractivity contribution in [3.8, 4) is 0 Å². The van der Waals surface area contributed by atoms with Crippen molar-refractivity contribution in [2.75, 3.05) is 0 Å². The van der Waals surface area contributed by atoms with E-state index in [9.17, 15) is 4.79 Å². The zero-order valence-corrected chi connectivity index (χ0v) is 11.4. The molecule has 2 heterocycles. The zero-order valence-electron chi connectivity index (χ0n) is 11.4. The van der Waals surface area contributed by atoms with Crippen LogP contribution in [0.2, 0.25) is 0 Å². The Morgan fingerprint density at radius 1 is 1.40 bits per heavy atom. The molecule has 0 N–H and O–H groups in total. The summed E-state index contributed by atoms with van der Waals surface area (Å²) in [5.41, 5.74) is 3.37. The van der Waals surface area contributed by atoms with Gasteiger partial charge in [0.1, 0.15) is 0 Å². The molecule has 20 heavy (non-hydrogen) atoms. The van der Waals surface area contributed by atoms with Gasteiger partial charge in [-0.15, -0.1) is 6.58 Å². The first-order chi connectivity index (χ1) is 9.70. The van der Waals surface area contributed by atoms with E-state index in [1.54, 1.807) is 6.21 Å². The van der Waals surface area contributed by atoms with Crippen molar-refractivity contribution in [1.29, 1.82) is 0 Å². The SMILES string of the molecule is C=C[C@H]1CC(C(=O)c2ccccc2)=C2C=NC(C)=CN21. The van der Waals surface area contributed by atoms with E-state index in [0.717, 1.165) is 22.5 Å². The van der Waals surface area contributed by atoms with Crippen molar-refractivity contribution in [3.63, 3.8) is 0 Å². The second kappa shape index (κ2) is 4.93. The number of benzene rings is 1. The van der Waals surface area contributed by atoms with Crippen LogP contribution in [0.1, 0.15) is 23.7 Å². The summed E-state index contributed by atoms with van der Waals surface area (Å²) in [6.07, 6.45) is 6.33. The maximum atomic E-state index is 12.6. The van der Waals surface area contributed by atoms with E-state index < -0.39 is 0 Å². The zero-order chi connectivity index (χ0) is 14.1. The number of carbonyl (C=O) groups is 1. The number of fused-ring (bicyclic) bond motifs is 1. The lowest BCUT2D eigenvalue weighted by molar-refractivity contribution is 0.103. The predicted octanol–water partition coefficient (Wildman–Crippen LogP) is 3.33. The van der Waals surface area contributed by atoms with Crippen LogP contribution in [-0.2, 0) is 0 Å². The number of ketones is 1. The molecule has 0 unspecified atom stereocenters. The van der Waals surface area contributed by atoms with Crippen LogP contribution in [0.15, 0.2) is 71.1 Å². The second-order valence-corrected chi connectivity index (χ2v) is 5.00. The van der Waals surface area contributed by atoms with Crippen molar-refractivity contribution >= 4 is 12.0 Å². The third-order valence-electron chi connectivity index (χ3n) is 3.66. The maximum absolute atomic E-state index is 12.6. The third-order valence-corrected chi connectivity index (χ3v) is 3.66. The first-order valence-electron chi connectivity index (χ1n) is 6.67. The van der Waals surface area contributed by atoms with Gasteiger partial charge < -0.3 is 4.90 Å². The molecule has 0 amide bonds. The Morgan fingerprint density at radius 2 is 2.15 bits per heavy atom. The molecule has 0 saturated carbocycles. The van der Waals surface area contributed by atoms with E-state index >= 15 is 0 Å². The lowest BCUT2D eigenvalue weighted by Crippen LogP contribution is -2.25. The number of rotatable bonds is 3. The van der Waals surface area contributed by atoms with Crippen LogP contribution in [0.25, 0.3) is 0 Å². The standard InChI is InChI=1S/C17H16N2O/c1-3-14-9-15(16-10-18-12(2)11-19(14)16)17(20)13-7-5-4-6-8-13/h3-8,10-11,14H,1,9H2,2H3/t14-/m0/s1. The molecule has 0 radical (unpaired) electrons. The second-order valence-electron chi connectivity index (χ2n) is 5.00. The highest BCUT2D eigenvalue weighted by Crippen LogP contribution is 2.33. The van der Waals surface area contributed by atoms with Crippen LogP contribution in [0, 0.1) is 0 Å². The number of aliphatic imine (C=N–C) groups is 1. The molecule has 2 aliphatic rings. The summed E-state index contributed by atoms with van der Waals surface area (Å²) >= 11 is 0. The highest BCUT2D eigenvalue weighted by Gasteiger charge is 2.33. The summed E-state index contributed by atoms with van der Waals surface area (Å²) in [4.78, 5) is 19.1. The van der Waals surface area contributed by atoms with Gasteiger partial charge in [0.05, 0.1) is 23.7 Å². The van der Waals surface area contributed by atoms with Crippen LogP contribution < -0.4 is 0 Å². The van der Waals surface area contributed by atoms with Crippen molar-refractivity contribution < 1.29 is 4.79 Å². The molecule has 3 heteroatoms. The minimum absolute atomic E-state index is 0.0781. The normalized spacial score (nSPS) is 20.8. The molecule has 0 fully saturated rings. The summed E-state index contributed by atoms with van der Waals surface area (Å²) in [6, 6.07) is 9.51. The van der Waals surface area contributed by atoms with E-state index in [1.807, 2.05) is 49.5 Å². The molecule has 0 aliphatic carbocycles. The van der Waals surface area contributed by atoms with Crippen LogP contribution in [0.3, 0.4) is 0 Å². The highest BCUT2D eigenvalue weighted by molar-refractivity contribution is 6.12. The number of carbonyl (C=O) groups excluding carboxylic acids is 1. The summed E-state index contributed by atoms with van der Waals surface area (Å²) in [5.74, 6) is 0.0781. The number of Topliss-reactive ketones (excluding diaryl/α,β-unsaturated/α-hetero) is 1. The van der Waals surface area contributed by atoms with E-state index in [0.29, 0.717) is 6.42 Å². The monoisotopic (exact) mass is 264 g/mol. The van der Waals surface area contributed by atoms with Gasteiger partial charge in [-0.05, 0) is 6.92 Å². The molecule has 3 nitrogen and oxygen atoms in total. The molecule has 1 aromatic carbocycles. The van der Waals surface area contributed by atoms with Gasteiger partial charge in [-0.2, -0.15) is 0 Å². The van der Waals surface area contributed by atoms with Crippen LogP contribution in [-0.4, -0.2) is 22.9 Å². The molecule has 3 rings (SSSR count). The lowest BCUT2D eigenvalue weighted by atomic mass is 9.99. The van der Waals surface area contributed by atoms with Crippen molar-refractivity contribution in [3.05, 3.63) is 71.7 Å². The van der Waals surface area contributed by atoms with Crippen LogP contribution >= 0.6 is 0 Å². The Balaban J connectivity index is 2.02. The smallest absolute Gasteiger partial charge is 0.191 e. The molecule has 0 spiro atoms. The fourth-order valence-electron chi connectivity index (χ4n) is 2.62. The summed E-state index contributed by atoms with van der Waals surface area (Å²) in [5, 5.41) is 0. The Kier molecular flexibility index (Phi) is 3.11. The van der Waals surface area contributed by atoms with Crippen molar-refractivity contribution in [1.82, 2.24) is 4.90 Å². The van der Waals surface area contributed by atoms with E-state index in [2.05, 4.69) is 16.5 Å². The molecule has 1 aromatic rings. The Bertz CT molecular complexity index is 653. The van der Waals surface area contributed by atoms with Gasteiger partial charge in [0, 0.05) is 23.8 Å². The molecular weight excluding hydrogens is 248 g/mol. The predicted molar refractivity (Wildman–Crippen MR) is 80.5 cm³/mol. The maximum Gasteiger partial charge on any atom is 0.191 e. The van der Waals surface area contributed by atoms with Gasteiger partial charge in [0.15, 0.2) is 5.78 Å². The topological polar surface area (TPSA) is 32.7 Å². The molecular formula is C17H16N2O. The summed E-state index contributed by atoms with van der Waals surface area (Å²) in [6.45, 7) is 5.82. The molecule has 1 atom stereocenters. The van der Waals surface area contributed by atoms with Gasteiger partial charge in [-0.1, -0.05) is 36.4 Å².